The van der Waals surface area contributed by atoms with Crippen LogP contribution in [-0.4, -0.2) is 35.3 Å². The summed E-state index contributed by atoms with van der Waals surface area (Å²) >= 11 is 0. The average molecular weight is 251 g/mol. The first-order valence-corrected chi connectivity index (χ1v) is 5.93. The van der Waals surface area contributed by atoms with E-state index in [0.29, 0.717) is 18.3 Å². The molecule has 0 aliphatic carbocycles. The number of rotatable bonds is 4. The summed E-state index contributed by atoms with van der Waals surface area (Å²) in [6.45, 7) is 3.48. The Morgan fingerprint density at radius 1 is 1.72 bits per heavy atom. The molecule has 1 aliphatic heterocycles. The highest BCUT2D eigenvalue weighted by Crippen LogP contribution is 2.23. The Kier molecular flexibility index (Phi) is 3.66. The van der Waals surface area contributed by atoms with Gasteiger partial charge in [0, 0.05) is 25.3 Å². The van der Waals surface area contributed by atoms with Crippen molar-refractivity contribution in [1.29, 1.82) is 0 Å². The summed E-state index contributed by atoms with van der Waals surface area (Å²) in [5.41, 5.74) is 6.02. The zero-order valence-corrected chi connectivity index (χ0v) is 10.2. The van der Waals surface area contributed by atoms with Crippen LogP contribution in [0.25, 0.3) is 0 Å². The normalized spacial score (nSPS) is 22.9. The number of carboxylic acids is 1. The molecule has 1 aromatic heterocycles. The molecule has 2 heterocycles. The van der Waals surface area contributed by atoms with E-state index in [2.05, 4.69) is 10.3 Å². The van der Waals surface area contributed by atoms with Crippen LogP contribution in [0.2, 0.25) is 0 Å². The maximum Gasteiger partial charge on any atom is 0.337 e. The Balaban J connectivity index is 2.05. The smallest absolute Gasteiger partial charge is 0.337 e. The van der Waals surface area contributed by atoms with Crippen LogP contribution in [0.5, 0.6) is 0 Å². The molecule has 98 valence electrons. The number of nitrogens with one attached hydrogen (secondary N) is 1. The summed E-state index contributed by atoms with van der Waals surface area (Å²) < 4.78 is 5.46. The van der Waals surface area contributed by atoms with Crippen LogP contribution in [0.15, 0.2) is 12.3 Å². The van der Waals surface area contributed by atoms with Crippen molar-refractivity contribution in [3.05, 3.63) is 17.8 Å². The van der Waals surface area contributed by atoms with Gasteiger partial charge >= 0.3 is 5.97 Å². The van der Waals surface area contributed by atoms with Crippen LogP contribution >= 0.6 is 0 Å². The SMILES string of the molecule is CC1OCCC1CNc1nccc(C(=O)O)c1N. The van der Waals surface area contributed by atoms with Gasteiger partial charge in [-0.05, 0) is 19.4 Å². The third-order valence-electron chi connectivity index (χ3n) is 3.29. The lowest BCUT2D eigenvalue weighted by Gasteiger charge is -2.16. The maximum absolute atomic E-state index is 10.9. The number of nitrogens with two attached hydrogens (primary N) is 1. The van der Waals surface area contributed by atoms with Crippen molar-refractivity contribution in [1.82, 2.24) is 4.98 Å². The summed E-state index contributed by atoms with van der Waals surface area (Å²) in [6.07, 6.45) is 2.64. The van der Waals surface area contributed by atoms with Crippen LogP contribution in [0.3, 0.4) is 0 Å². The number of nitrogen functional groups attached to an aromatic ring is 1. The van der Waals surface area contributed by atoms with Crippen LogP contribution in [0.1, 0.15) is 23.7 Å². The molecule has 4 N–H and O–H groups in total. The topological polar surface area (TPSA) is 97.5 Å². The number of carbonyl (C=O) groups is 1. The van der Waals surface area contributed by atoms with Crippen molar-refractivity contribution in [2.75, 3.05) is 24.2 Å². The quantitative estimate of drug-likeness (QED) is 0.744. The summed E-state index contributed by atoms with van der Waals surface area (Å²) in [4.78, 5) is 15.0. The van der Waals surface area contributed by atoms with Crippen molar-refractivity contribution in [3.8, 4) is 0 Å². The van der Waals surface area contributed by atoms with E-state index in [-0.39, 0.29) is 17.4 Å². The number of hydrogen-bond donors (Lipinski definition) is 3. The van der Waals surface area contributed by atoms with Gasteiger partial charge in [-0.1, -0.05) is 0 Å². The van der Waals surface area contributed by atoms with Crippen molar-refractivity contribution < 1.29 is 14.6 Å². The van der Waals surface area contributed by atoms with Gasteiger partial charge in [0.2, 0.25) is 0 Å². The molecule has 6 heteroatoms. The van der Waals surface area contributed by atoms with Gasteiger partial charge in [-0.25, -0.2) is 9.78 Å². The lowest BCUT2D eigenvalue weighted by molar-refractivity contribution is 0.0698. The van der Waals surface area contributed by atoms with E-state index in [1.807, 2.05) is 6.92 Å². The minimum absolute atomic E-state index is 0.0724. The Morgan fingerprint density at radius 2 is 2.50 bits per heavy atom. The number of anilines is 2. The molecule has 1 aromatic rings. The molecule has 0 bridgehead atoms. The zero-order chi connectivity index (χ0) is 13.1. The molecule has 0 aromatic carbocycles. The standard InChI is InChI=1S/C12H17N3O3/c1-7-8(3-5-18-7)6-15-11-10(13)9(12(16)17)2-4-14-11/h2,4,7-8H,3,5-6,13H2,1H3,(H,14,15)(H,16,17). The van der Waals surface area contributed by atoms with Crippen molar-refractivity contribution >= 4 is 17.5 Å². The molecule has 0 spiro atoms. The number of carboxylic acid groups (broad SMARTS) is 1. The highest BCUT2D eigenvalue weighted by atomic mass is 16.5. The highest BCUT2D eigenvalue weighted by molar-refractivity contribution is 5.96. The van der Waals surface area contributed by atoms with Crippen LogP contribution in [0, 0.1) is 5.92 Å². The molecule has 0 radical (unpaired) electrons. The molecule has 2 atom stereocenters. The first-order chi connectivity index (χ1) is 8.59. The van der Waals surface area contributed by atoms with Crippen LogP contribution in [-0.2, 0) is 4.74 Å². The summed E-state index contributed by atoms with van der Waals surface area (Å²) in [5.74, 6) is -0.218. The fraction of sp³-hybridized carbons (Fsp3) is 0.500. The van der Waals surface area contributed by atoms with E-state index < -0.39 is 5.97 Å². The van der Waals surface area contributed by atoms with Gasteiger partial charge in [0.15, 0.2) is 0 Å². The van der Waals surface area contributed by atoms with E-state index in [1.54, 1.807) is 0 Å². The molecule has 1 saturated heterocycles. The second-order valence-electron chi connectivity index (χ2n) is 4.43. The number of pyridine rings is 1. The average Bonchev–Trinajstić information content (AvgIpc) is 2.73. The molecular formula is C12H17N3O3. The first kappa shape index (κ1) is 12.6. The first-order valence-electron chi connectivity index (χ1n) is 5.93. The van der Waals surface area contributed by atoms with E-state index in [9.17, 15) is 4.79 Å². The highest BCUT2D eigenvalue weighted by Gasteiger charge is 2.24. The number of hydrogen-bond acceptors (Lipinski definition) is 5. The van der Waals surface area contributed by atoms with Crippen LogP contribution in [0.4, 0.5) is 11.5 Å². The lowest BCUT2D eigenvalue weighted by Crippen LogP contribution is -2.22. The molecule has 1 fully saturated rings. The van der Waals surface area contributed by atoms with E-state index in [1.165, 1.54) is 12.3 Å². The Hall–Kier alpha value is -1.82. The van der Waals surface area contributed by atoms with E-state index in [4.69, 9.17) is 15.6 Å². The predicted octanol–water partition coefficient (Wildman–Crippen LogP) is 1.20. The Bertz CT molecular complexity index is 450. The number of aromatic nitrogens is 1. The minimum Gasteiger partial charge on any atom is -0.478 e. The lowest BCUT2D eigenvalue weighted by atomic mass is 10.0. The second kappa shape index (κ2) is 5.22. The van der Waals surface area contributed by atoms with Gasteiger partial charge in [0.25, 0.3) is 0 Å². The second-order valence-corrected chi connectivity index (χ2v) is 4.43. The molecule has 2 unspecified atom stereocenters. The third kappa shape index (κ3) is 2.53. The molecular weight excluding hydrogens is 234 g/mol. The number of ether oxygens (including phenoxy) is 1. The maximum atomic E-state index is 10.9. The van der Waals surface area contributed by atoms with Gasteiger partial charge in [0.05, 0.1) is 17.4 Å². The fourth-order valence-corrected chi connectivity index (χ4v) is 2.07. The largest absolute Gasteiger partial charge is 0.478 e. The fourth-order valence-electron chi connectivity index (χ4n) is 2.07. The predicted molar refractivity (Wildman–Crippen MR) is 67.6 cm³/mol. The monoisotopic (exact) mass is 251 g/mol. The molecule has 18 heavy (non-hydrogen) atoms. The van der Waals surface area contributed by atoms with Gasteiger partial charge in [-0.15, -0.1) is 0 Å². The van der Waals surface area contributed by atoms with Gasteiger partial charge in [-0.2, -0.15) is 0 Å². The van der Waals surface area contributed by atoms with Crippen molar-refractivity contribution in [3.63, 3.8) is 0 Å². The molecule has 0 saturated carbocycles. The van der Waals surface area contributed by atoms with E-state index in [0.717, 1.165) is 13.0 Å². The van der Waals surface area contributed by atoms with Crippen molar-refractivity contribution in [2.24, 2.45) is 5.92 Å². The van der Waals surface area contributed by atoms with E-state index >= 15 is 0 Å². The molecule has 6 nitrogen and oxygen atoms in total. The Labute approximate surface area is 105 Å². The molecule has 1 aliphatic rings. The Morgan fingerprint density at radius 3 is 3.11 bits per heavy atom. The molecule has 0 amide bonds. The van der Waals surface area contributed by atoms with Gasteiger partial charge < -0.3 is 20.9 Å². The zero-order valence-electron chi connectivity index (χ0n) is 10.2. The van der Waals surface area contributed by atoms with Gasteiger partial charge in [0.1, 0.15) is 5.82 Å². The van der Waals surface area contributed by atoms with Crippen LogP contribution < -0.4 is 11.1 Å². The summed E-state index contributed by atoms with van der Waals surface area (Å²) in [7, 11) is 0. The summed E-state index contributed by atoms with van der Waals surface area (Å²) in [6, 6.07) is 1.39. The number of nitrogens with zero attached hydrogens (tertiary/aromatic N) is 1. The minimum atomic E-state index is -1.05. The number of aromatic carboxylic acids is 1. The van der Waals surface area contributed by atoms with Crippen molar-refractivity contribution in [2.45, 2.75) is 19.4 Å². The molecule has 2 rings (SSSR count). The third-order valence-corrected chi connectivity index (χ3v) is 3.29. The summed E-state index contributed by atoms with van der Waals surface area (Å²) in [5, 5.41) is 12.1. The van der Waals surface area contributed by atoms with Gasteiger partial charge in [-0.3, -0.25) is 0 Å².